The van der Waals surface area contributed by atoms with E-state index in [1.807, 2.05) is 0 Å². The van der Waals surface area contributed by atoms with Crippen LogP contribution < -0.4 is 0 Å². The first-order chi connectivity index (χ1) is 12.4. The van der Waals surface area contributed by atoms with Crippen LogP contribution in [0.2, 0.25) is 0 Å². The van der Waals surface area contributed by atoms with Gasteiger partial charge in [-0.3, -0.25) is 4.79 Å². The Labute approximate surface area is 157 Å². The number of fused-ring (bicyclic) bond motifs is 5. The van der Waals surface area contributed by atoms with E-state index in [2.05, 4.69) is 25.6 Å². The number of rotatable bonds is 2. The molecule has 0 aromatic rings. The van der Waals surface area contributed by atoms with Crippen molar-refractivity contribution in [2.24, 2.45) is 46.3 Å². The Morgan fingerprint density at radius 3 is 2.54 bits per heavy atom. The number of hydrogen-bond acceptors (Lipinski definition) is 2. The molecule has 0 aromatic carbocycles. The lowest BCUT2D eigenvalue weighted by atomic mass is 9.44. The molecular weight excluding hydrogens is 324 g/mol. The highest BCUT2D eigenvalue weighted by molar-refractivity contribution is 6.39. The number of Topliss-reactive ketones (excluding diaryl/α,β-unsaturated/α-hetero) is 1. The van der Waals surface area contributed by atoms with E-state index in [1.165, 1.54) is 25.7 Å². The summed E-state index contributed by atoms with van der Waals surface area (Å²) in [5, 5.41) is 9.74. The lowest BCUT2D eigenvalue weighted by molar-refractivity contribution is -0.133. The zero-order valence-electron chi connectivity index (χ0n) is 16.6. The van der Waals surface area contributed by atoms with Crippen LogP contribution in [0.15, 0.2) is 0 Å². The summed E-state index contributed by atoms with van der Waals surface area (Å²) < 4.78 is 0. The van der Waals surface area contributed by atoms with Crippen molar-refractivity contribution in [2.75, 3.05) is 6.61 Å². The maximum atomic E-state index is 12.3. The first kappa shape index (κ1) is 18.4. The largest absolute Gasteiger partial charge is 0.396 e. The molecule has 4 aliphatic carbocycles. The Morgan fingerprint density at radius 2 is 1.85 bits per heavy atom. The average molecular weight is 359 g/mol. The van der Waals surface area contributed by atoms with Gasteiger partial charge in [0, 0.05) is 13.0 Å². The van der Waals surface area contributed by atoms with E-state index in [9.17, 15) is 15.4 Å². The van der Waals surface area contributed by atoms with Crippen LogP contribution in [0.4, 0.5) is 0 Å². The molecule has 1 N–H and O–H groups in total. The minimum atomic E-state index is 0.0618. The summed E-state index contributed by atoms with van der Waals surface area (Å²) in [6, 6.07) is 0. The summed E-state index contributed by atoms with van der Waals surface area (Å²) in [6.45, 7) is 7.40. The smallest absolute Gasteiger partial charge is 0.337 e. The second-order valence-electron chi connectivity index (χ2n) is 10.3. The quantitative estimate of drug-likeness (QED) is 0.595. The number of nitrogens with zero attached hydrogens (tertiary/aromatic N) is 2. The summed E-state index contributed by atoms with van der Waals surface area (Å²) in [7, 11) is 0. The van der Waals surface area contributed by atoms with Gasteiger partial charge in [-0.05, 0) is 85.4 Å². The number of hydrogen-bond donors (Lipinski definition) is 1. The molecule has 4 nitrogen and oxygen atoms in total. The van der Waals surface area contributed by atoms with Gasteiger partial charge in [0.15, 0.2) is 0 Å². The molecule has 0 amide bonds. The van der Waals surface area contributed by atoms with Gasteiger partial charge >= 0.3 is 5.71 Å². The maximum Gasteiger partial charge on any atom is 0.337 e. The lowest BCUT2D eigenvalue weighted by Crippen LogP contribution is -2.56. The summed E-state index contributed by atoms with van der Waals surface area (Å²) >= 11 is 0. The molecular formula is C22H34N2O2. The molecule has 0 radical (unpaired) electrons. The average Bonchev–Trinajstić information content (AvgIpc) is 2.99. The predicted molar refractivity (Wildman–Crippen MR) is 100 cm³/mol. The highest BCUT2D eigenvalue weighted by atomic mass is 16.3. The number of carbonyl (C=O) groups excluding carboxylic acids is 1. The maximum absolute atomic E-state index is 12.3. The Hall–Kier alpha value is -0.990. The van der Waals surface area contributed by atoms with Crippen molar-refractivity contribution in [1.29, 1.82) is 0 Å². The molecule has 0 bridgehead atoms. The van der Waals surface area contributed by atoms with Gasteiger partial charge in [-0.25, -0.2) is 0 Å². The first-order valence-corrected chi connectivity index (χ1v) is 10.7. The van der Waals surface area contributed by atoms with Gasteiger partial charge in [-0.15, -0.1) is 0 Å². The molecule has 4 fully saturated rings. The van der Waals surface area contributed by atoms with Gasteiger partial charge in [0.25, 0.3) is 0 Å². The van der Waals surface area contributed by atoms with Crippen LogP contribution >= 0.6 is 0 Å². The van der Waals surface area contributed by atoms with Gasteiger partial charge in [0.2, 0.25) is 5.78 Å². The van der Waals surface area contributed by atoms with Crippen molar-refractivity contribution in [2.45, 2.75) is 72.1 Å². The molecule has 0 saturated heterocycles. The fourth-order valence-electron chi connectivity index (χ4n) is 8.20. The van der Waals surface area contributed by atoms with E-state index in [0.29, 0.717) is 41.9 Å². The second kappa shape index (κ2) is 6.27. The summed E-state index contributed by atoms with van der Waals surface area (Å²) in [4.78, 5) is 15.7. The fourth-order valence-corrected chi connectivity index (χ4v) is 8.20. The molecule has 0 aliphatic heterocycles. The first-order valence-electron chi connectivity index (χ1n) is 10.7. The van der Waals surface area contributed by atoms with E-state index in [4.69, 9.17) is 0 Å². The predicted octanol–water partition coefficient (Wildman–Crippen LogP) is 4.12. The molecule has 4 rings (SSSR count). The molecule has 4 heteroatoms. The van der Waals surface area contributed by atoms with Gasteiger partial charge in [0.1, 0.15) is 0 Å². The molecule has 0 aromatic heterocycles. The SMILES string of the molecule is CC(CO)[C@H]1CC[C@H]2[C@@H]3CCC4C(=[N+]=[N-])C(=O)CC[C@]4(C)[C@H]3CC[C@]12C. The highest BCUT2D eigenvalue weighted by Crippen LogP contribution is 2.67. The minimum absolute atomic E-state index is 0.0618. The van der Waals surface area contributed by atoms with Gasteiger partial charge in [-0.2, -0.15) is 4.79 Å². The number of aliphatic hydroxyl groups excluding tert-OH is 1. The van der Waals surface area contributed by atoms with Crippen molar-refractivity contribution in [3.05, 3.63) is 5.53 Å². The molecule has 4 saturated carbocycles. The molecule has 0 heterocycles. The van der Waals surface area contributed by atoms with Crippen molar-refractivity contribution in [1.82, 2.24) is 0 Å². The van der Waals surface area contributed by atoms with Crippen molar-refractivity contribution in [3.8, 4) is 0 Å². The number of aliphatic hydroxyl groups is 1. The monoisotopic (exact) mass is 358 g/mol. The van der Waals surface area contributed by atoms with E-state index < -0.39 is 0 Å². The highest BCUT2D eigenvalue weighted by Gasteiger charge is 2.63. The third-order valence-electron chi connectivity index (χ3n) is 9.53. The normalized spacial score (nSPS) is 49.0. The Kier molecular flexibility index (Phi) is 4.44. The molecule has 2 unspecified atom stereocenters. The zero-order valence-corrected chi connectivity index (χ0v) is 16.6. The minimum Gasteiger partial charge on any atom is -0.396 e. The lowest BCUT2D eigenvalue weighted by Gasteiger charge is -2.59. The summed E-state index contributed by atoms with van der Waals surface area (Å²) in [5.41, 5.74) is 10.4. The third kappa shape index (κ3) is 2.34. The Morgan fingerprint density at radius 1 is 1.12 bits per heavy atom. The molecule has 0 spiro atoms. The number of carbonyl (C=O) groups is 1. The second-order valence-corrected chi connectivity index (χ2v) is 10.3. The molecule has 26 heavy (non-hydrogen) atoms. The van der Waals surface area contributed by atoms with Crippen LogP contribution in [0.25, 0.3) is 5.53 Å². The zero-order chi connectivity index (χ0) is 18.7. The Balaban J connectivity index is 1.64. The van der Waals surface area contributed by atoms with Crippen molar-refractivity contribution < 1.29 is 14.7 Å². The van der Waals surface area contributed by atoms with E-state index in [-0.39, 0.29) is 17.1 Å². The Bertz CT molecular complexity index is 655. The van der Waals surface area contributed by atoms with Crippen LogP contribution in [0, 0.1) is 46.3 Å². The number of ketones is 1. The standard InChI is InChI=1S/C22H34N2O2/c1-13(12-25)15-6-7-16-14-4-5-18-20(24-23)19(26)9-11-22(18,3)17(14)8-10-21(15,16)2/h13-18,25H,4-12H2,1-3H3/t13?,14-,15+,16-,17-,18?,21+,22+/m0/s1. The molecule has 8 atom stereocenters. The summed E-state index contributed by atoms with van der Waals surface area (Å²) in [6.07, 6.45) is 8.69. The topological polar surface area (TPSA) is 73.7 Å². The van der Waals surface area contributed by atoms with Crippen molar-refractivity contribution >= 4 is 11.5 Å². The van der Waals surface area contributed by atoms with Gasteiger partial charge in [-0.1, -0.05) is 20.8 Å². The van der Waals surface area contributed by atoms with Crippen LogP contribution in [0.1, 0.15) is 72.1 Å². The van der Waals surface area contributed by atoms with E-state index in [0.717, 1.165) is 31.1 Å². The van der Waals surface area contributed by atoms with E-state index in [1.54, 1.807) is 0 Å². The van der Waals surface area contributed by atoms with E-state index >= 15 is 0 Å². The van der Waals surface area contributed by atoms with Gasteiger partial charge < -0.3 is 10.6 Å². The third-order valence-corrected chi connectivity index (χ3v) is 9.53. The molecule has 144 valence electrons. The van der Waals surface area contributed by atoms with Crippen LogP contribution in [0.5, 0.6) is 0 Å². The van der Waals surface area contributed by atoms with Crippen molar-refractivity contribution in [3.63, 3.8) is 0 Å². The van der Waals surface area contributed by atoms with Crippen LogP contribution in [-0.4, -0.2) is 28.0 Å². The van der Waals surface area contributed by atoms with Crippen LogP contribution in [0.3, 0.4) is 0 Å². The fraction of sp³-hybridized carbons (Fsp3) is 0.909. The van der Waals surface area contributed by atoms with Gasteiger partial charge in [0.05, 0.1) is 5.92 Å². The van der Waals surface area contributed by atoms with Crippen LogP contribution in [-0.2, 0) is 4.79 Å². The summed E-state index contributed by atoms with van der Waals surface area (Å²) in [5.74, 6) is 3.39. The molecule has 4 aliphatic rings.